The SMILES string of the molecule is Cc1ccc(COc2ccc(Cl)cc2/C=C(\C#N)C(=O)Nc2ccc(Br)cc2)cc1. The topological polar surface area (TPSA) is 62.1 Å². The van der Waals surface area contributed by atoms with Gasteiger partial charge in [-0.1, -0.05) is 57.4 Å². The normalized spacial score (nSPS) is 10.9. The van der Waals surface area contributed by atoms with E-state index >= 15 is 0 Å². The summed E-state index contributed by atoms with van der Waals surface area (Å²) >= 11 is 9.47. The highest BCUT2D eigenvalue weighted by molar-refractivity contribution is 9.10. The van der Waals surface area contributed by atoms with Gasteiger partial charge >= 0.3 is 0 Å². The van der Waals surface area contributed by atoms with E-state index < -0.39 is 5.91 Å². The van der Waals surface area contributed by atoms with Crippen LogP contribution >= 0.6 is 27.5 Å². The summed E-state index contributed by atoms with van der Waals surface area (Å²) in [4.78, 5) is 12.6. The Kier molecular flexibility index (Phi) is 7.29. The number of hydrogen-bond acceptors (Lipinski definition) is 3. The number of anilines is 1. The van der Waals surface area contributed by atoms with E-state index in [0.717, 1.165) is 10.0 Å². The largest absolute Gasteiger partial charge is 0.488 e. The lowest BCUT2D eigenvalue weighted by atomic mass is 10.1. The van der Waals surface area contributed by atoms with Crippen molar-refractivity contribution >= 4 is 45.2 Å². The van der Waals surface area contributed by atoms with Crippen LogP contribution in [0, 0.1) is 18.3 Å². The highest BCUT2D eigenvalue weighted by atomic mass is 79.9. The quantitative estimate of drug-likeness (QED) is 0.321. The molecule has 0 aliphatic rings. The van der Waals surface area contributed by atoms with Gasteiger partial charge in [0.2, 0.25) is 0 Å². The van der Waals surface area contributed by atoms with E-state index in [1.54, 1.807) is 42.5 Å². The summed E-state index contributed by atoms with van der Waals surface area (Å²) in [6, 6.07) is 22.2. The Morgan fingerprint density at radius 2 is 1.83 bits per heavy atom. The molecule has 0 saturated heterocycles. The molecule has 0 aromatic heterocycles. The zero-order chi connectivity index (χ0) is 21.5. The first-order valence-electron chi connectivity index (χ1n) is 9.11. The zero-order valence-electron chi connectivity index (χ0n) is 16.2. The number of nitriles is 1. The van der Waals surface area contributed by atoms with Crippen molar-refractivity contribution < 1.29 is 9.53 Å². The van der Waals surface area contributed by atoms with Gasteiger partial charge in [-0.2, -0.15) is 5.26 Å². The molecule has 0 aliphatic carbocycles. The molecule has 1 amide bonds. The van der Waals surface area contributed by atoms with Crippen molar-refractivity contribution in [2.45, 2.75) is 13.5 Å². The zero-order valence-corrected chi connectivity index (χ0v) is 18.5. The molecular weight excluding hydrogens is 464 g/mol. The van der Waals surface area contributed by atoms with Gasteiger partial charge in [-0.15, -0.1) is 0 Å². The predicted octanol–water partition coefficient (Wildman–Crippen LogP) is 6.54. The molecule has 0 bridgehead atoms. The maximum atomic E-state index is 12.6. The molecule has 3 rings (SSSR count). The predicted molar refractivity (Wildman–Crippen MR) is 123 cm³/mol. The molecule has 0 saturated carbocycles. The molecule has 3 aromatic rings. The van der Waals surface area contributed by atoms with Crippen LogP contribution in [-0.2, 0) is 11.4 Å². The van der Waals surface area contributed by atoms with E-state index in [9.17, 15) is 10.1 Å². The van der Waals surface area contributed by atoms with Crippen molar-refractivity contribution in [3.8, 4) is 11.8 Å². The van der Waals surface area contributed by atoms with Gasteiger partial charge < -0.3 is 10.1 Å². The molecule has 1 N–H and O–H groups in total. The van der Waals surface area contributed by atoms with Crippen LogP contribution in [0.15, 0.2) is 76.8 Å². The lowest BCUT2D eigenvalue weighted by molar-refractivity contribution is -0.112. The maximum Gasteiger partial charge on any atom is 0.266 e. The molecule has 0 heterocycles. The number of hydrogen-bond donors (Lipinski definition) is 1. The number of halogens is 2. The Hall–Kier alpha value is -3.07. The fraction of sp³-hybridized carbons (Fsp3) is 0.0833. The molecule has 6 heteroatoms. The van der Waals surface area contributed by atoms with Crippen LogP contribution in [0.4, 0.5) is 5.69 Å². The van der Waals surface area contributed by atoms with Crippen molar-refractivity contribution in [2.75, 3.05) is 5.32 Å². The molecule has 0 fully saturated rings. The molecule has 0 radical (unpaired) electrons. The number of carbonyl (C=O) groups excluding carboxylic acids is 1. The molecule has 0 aliphatic heterocycles. The van der Waals surface area contributed by atoms with E-state index in [1.165, 1.54) is 11.6 Å². The lowest BCUT2D eigenvalue weighted by Gasteiger charge is -2.11. The minimum Gasteiger partial charge on any atom is -0.488 e. The Morgan fingerprint density at radius 3 is 2.50 bits per heavy atom. The highest BCUT2D eigenvalue weighted by Crippen LogP contribution is 2.26. The minimum absolute atomic E-state index is 0.0552. The van der Waals surface area contributed by atoms with Crippen LogP contribution in [-0.4, -0.2) is 5.91 Å². The van der Waals surface area contributed by atoms with Crippen molar-refractivity contribution in [3.05, 3.63) is 98.5 Å². The third-order valence-corrected chi connectivity index (χ3v) is 5.02. The average molecular weight is 482 g/mol. The second kappa shape index (κ2) is 10.1. The number of carbonyl (C=O) groups is 1. The van der Waals surface area contributed by atoms with E-state index in [4.69, 9.17) is 16.3 Å². The molecule has 0 atom stereocenters. The van der Waals surface area contributed by atoms with Crippen LogP contribution in [0.3, 0.4) is 0 Å². The van der Waals surface area contributed by atoms with Crippen LogP contribution in [0.2, 0.25) is 5.02 Å². The van der Waals surface area contributed by atoms with Crippen LogP contribution in [0.25, 0.3) is 6.08 Å². The standard InChI is InChI=1S/C24H18BrClN2O2/c1-16-2-4-17(5-3-16)15-30-23-11-8-21(26)13-18(23)12-19(14-27)24(29)28-22-9-6-20(25)7-10-22/h2-13H,15H2,1H3,(H,28,29)/b19-12+. The fourth-order valence-corrected chi connectivity index (χ4v) is 3.09. The Bertz CT molecular complexity index is 1120. The van der Waals surface area contributed by atoms with Gasteiger partial charge in [-0.05, 0) is 61.0 Å². The Labute approximate surface area is 188 Å². The first kappa shape index (κ1) is 21.6. The summed E-state index contributed by atoms with van der Waals surface area (Å²) in [5.41, 5.74) is 3.27. The van der Waals surface area contributed by atoms with E-state index in [-0.39, 0.29) is 5.57 Å². The van der Waals surface area contributed by atoms with Gasteiger partial charge in [0.1, 0.15) is 24.0 Å². The summed E-state index contributed by atoms with van der Waals surface area (Å²) in [7, 11) is 0. The van der Waals surface area contributed by atoms with Crippen LogP contribution < -0.4 is 10.1 Å². The summed E-state index contributed by atoms with van der Waals surface area (Å²) < 4.78 is 6.82. The minimum atomic E-state index is -0.510. The van der Waals surface area contributed by atoms with Gasteiger partial charge in [0.05, 0.1) is 0 Å². The fourth-order valence-electron chi connectivity index (χ4n) is 2.64. The first-order chi connectivity index (χ1) is 14.4. The number of aryl methyl sites for hydroxylation is 1. The second-order valence-corrected chi connectivity index (χ2v) is 7.94. The number of benzene rings is 3. The second-order valence-electron chi connectivity index (χ2n) is 6.59. The molecule has 30 heavy (non-hydrogen) atoms. The third-order valence-electron chi connectivity index (χ3n) is 4.25. The van der Waals surface area contributed by atoms with Crippen molar-refractivity contribution in [3.63, 3.8) is 0 Å². The molecule has 3 aromatic carbocycles. The van der Waals surface area contributed by atoms with Crippen LogP contribution in [0.5, 0.6) is 5.75 Å². The van der Waals surface area contributed by atoms with Gasteiger partial charge in [0.25, 0.3) is 5.91 Å². The average Bonchev–Trinajstić information content (AvgIpc) is 2.74. The summed E-state index contributed by atoms with van der Waals surface area (Å²) in [6.07, 6.45) is 1.48. The van der Waals surface area contributed by atoms with E-state index in [2.05, 4.69) is 21.2 Å². The maximum absolute atomic E-state index is 12.6. The van der Waals surface area contributed by atoms with Crippen molar-refractivity contribution in [1.82, 2.24) is 0 Å². The molecule has 4 nitrogen and oxygen atoms in total. The smallest absolute Gasteiger partial charge is 0.266 e. The summed E-state index contributed by atoms with van der Waals surface area (Å²) in [6.45, 7) is 2.38. The Morgan fingerprint density at radius 1 is 1.13 bits per heavy atom. The number of rotatable bonds is 6. The lowest BCUT2D eigenvalue weighted by Crippen LogP contribution is -2.13. The van der Waals surface area contributed by atoms with E-state index in [1.807, 2.05) is 37.3 Å². The molecule has 0 unspecified atom stereocenters. The number of nitrogens with zero attached hydrogens (tertiary/aromatic N) is 1. The molecule has 0 spiro atoms. The highest BCUT2D eigenvalue weighted by Gasteiger charge is 2.12. The monoisotopic (exact) mass is 480 g/mol. The first-order valence-corrected chi connectivity index (χ1v) is 10.3. The molecular formula is C24H18BrClN2O2. The van der Waals surface area contributed by atoms with Gasteiger partial charge in [0.15, 0.2) is 0 Å². The van der Waals surface area contributed by atoms with E-state index in [0.29, 0.717) is 28.6 Å². The number of ether oxygens (including phenoxy) is 1. The van der Waals surface area contributed by atoms with Crippen LogP contribution in [0.1, 0.15) is 16.7 Å². The number of amides is 1. The molecule has 150 valence electrons. The summed E-state index contributed by atoms with van der Waals surface area (Å²) in [5.74, 6) is 0.0217. The number of nitrogens with one attached hydrogen (secondary N) is 1. The van der Waals surface area contributed by atoms with Gasteiger partial charge in [-0.25, -0.2) is 0 Å². The van der Waals surface area contributed by atoms with Gasteiger partial charge in [0, 0.05) is 20.7 Å². The van der Waals surface area contributed by atoms with Crippen molar-refractivity contribution in [2.24, 2.45) is 0 Å². The Balaban J connectivity index is 1.81. The third kappa shape index (κ3) is 5.96. The summed E-state index contributed by atoms with van der Waals surface area (Å²) in [5, 5.41) is 12.7. The van der Waals surface area contributed by atoms with Gasteiger partial charge in [-0.3, -0.25) is 4.79 Å². The van der Waals surface area contributed by atoms with Crippen molar-refractivity contribution in [1.29, 1.82) is 5.26 Å².